The van der Waals surface area contributed by atoms with Crippen LogP contribution in [0.15, 0.2) is 40.3 Å². The molecular weight excluding hydrogens is 412 g/mol. The molecule has 0 bridgehead atoms. The third-order valence-corrected chi connectivity index (χ3v) is 8.29. The number of likely N-dealkylation sites (tertiary alicyclic amines) is 1. The third kappa shape index (κ3) is 3.84. The van der Waals surface area contributed by atoms with Crippen molar-refractivity contribution in [3.8, 4) is 0 Å². The number of aliphatic carboxylic acids is 1. The SMILES string of the molecule is C[C@H](O)[C@@H]1C(=O)N2C(C(=O)O)=C(S[C@H]3CCN(CC(=O)c4ccccc4)C3)S[C@H]12. The van der Waals surface area contributed by atoms with E-state index in [1.54, 1.807) is 6.92 Å². The first-order valence-electron chi connectivity index (χ1n) is 9.49. The van der Waals surface area contributed by atoms with Crippen molar-refractivity contribution in [2.24, 2.45) is 5.92 Å². The van der Waals surface area contributed by atoms with E-state index in [1.165, 1.54) is 28.4 Å². The molecule has 0 aliphatic carbocycles. The van der Waals surface area contributed by atoms with Gasteiger partial charge in [-0.1, -0.05) is 42.1 Å². The van der Waals surface area contributed by atoms with Crippen molar-refractivity contribution in [1.29, 1.82) is 0 Å². The highest BCUT2D eigenvalue weighted by molar-refractivity contribution is 8.23. The van der Waals surface area contributed by atoms with Crippen molar-refractivity contribution < 1.29 is 24.6 Å². The largest absolute Gasteiger partial charge is 0.477 e. The van der Waals surface area contributed by atoms with Gasteiger partial charge in [0.2, 0.25) is 5.91 Å². The number of fused-ring (bicyclic) bond motifs is 1. The first kappa shape index (κ1) is 20.5. The van der Waals surface area contributed by atoms with E-state index in [0.29, 0.717) is 22.9 Å². The number of carbonyl (C=O) groups is 3. The summed E-state index contributed by atoms with van der Waals surface area (Å²) in [5, 5.41) is 19.3. The quantitative estimate of drug-likeness (QED) is 0.496. The highest BCUT2D eigenvalue weighted by Crippen LogP contribution is 2.55. The van der Waals surface area contributed by atoms with Crippen molar-refractivity contribution in [2.45, 2.75) is 30.1 Å². The first-order valence-corrected chi connectivity index (χ1v) is 11.3. The van der Waals surface area contributed by atoms with Crippen LogP contribution in [0.2, 0.25) is 0 Å². The molecule has 2 saturated heterocycles. The van der Waals surface area contributed by atoms with Gasteiger partial charge in [-0.2, -0.15) is 0 Å². The highest BCUT2D eigenvalue weighted by Gasteiger charge is 2.58. The second-order valence-electron chi connectivity index (χ2n) is 7.48. The van der Waals surface area contributed by atoms with Gasteiger partial charge in [-0.3, -0.25) is 19.4 Å². The molecule has 0 saturated carbocycles. The summed E-state index contributed by atoms with van der Waals surface area (Å²) in [6, 6.07) is 9.19. The maximum atomic E-state index is 12.4. The van der Waals surface area contributed by atoms with E-state index in [1.807, 2.05) is 30.3 Å². The van der Waals surface area contributed by atoms with Gasteiger partial charge in [0, 0.05) is 17.4 Å². The number of thioether (sulfide) groups is 2. The van der Waals surface area contributed by atoms with Crippen molar-refractivity contribution in [2.75, 3.05) is 19.6 Å². The van der Waals surface area contributed by atoms with Gasteiger partial charge in [-0.25, -0.2) is 4.79 Å². The number of ketones is 1. The Hall–Kier alpha value is -1.81. The Morgan fingerprint density at radius 1 is 1.31 bits per heavy atom. The molecule has 154 valence electrons. The van der Waals surface area contributed by atoms with Crippen LogP contribution in [0.1, 0.15) is 23.7 Å². The number of Topliss-reactive ketones (excluding diaryl/α,β-unsaturated/α-hetero) is 1. The number of β-lactam (4-membered cyclic amide) rings is 1. The van der Waals surface area contributed by atoms with Gasteiger partial charge in [0.05, 0.1) is 22.8 Å². The average molecular weight is 435 g/mol. The molecule has 0 spiro atoms. The maximum Gasteiger partial charge on any atom is 0.354 e. The number of carbonyl (C=O) groups excluding carboxylic acids is 2. The molecule has 1 aromatic carbocycles. The zero-order valence-electron chi connectivity index (χ0n) is 15.9. The van der Waals surface area contributed by atoms with E-state index in [-0.39, 0.29) is 28.0 Å². The van der Waals surface area contributed by atoms with Crippen molar-refractivity contribution in [3.63, 3.8) is 0 Å². The minimum atomic E-state index is -1.12. The number of carboxylic acids is 1. The summed E-state index contributed by atoms with van der Waals surface area (Å²) in [5.74, 6) is -1.93. The molecule has 3 aliphatic heterocycles. The fraction of sp³-hybridized carbons (Fsp3) is 0.450. The van der Waals surface area contributed by atoms with Crippen LogP contribution in [0, 0.1) is 5.92 Å². The lowest BCUT2D eigenvalue weighted by Crippen LogP contribution is -2.60. The number of aliphatic hydroxyl groups is 1. The molecule has 0 radical (unpaired) electrons. The van der Waals surface area contributed by atoms with Crippen LogP contribution < -0.4 is 0 Å². The average Bonchev–Trinajstić information content (AvgIpc) is 3.24. The summed E-state index contributed by atoms with van der Waals surface area (Å²) in [6.45, 7) is 3.37. The van der Waals surface area contributed by atoms with Gasteiger partial charge >= 0.3 is 5.97 Å². The fourth-order valence-electron chi connectivity index (χ4n) is 3.94. The number of rotatable bonds is 7. The predicted octanol–water partition coefficient (Wildman–Crippen LogP) is 1.84. The van der Waals surface area contributed by atoms with Crippen molar-refractivity contribution in [3.05, 3.63) is 45.8 Å². The van der Waals surface area contributed by atoms with Crippen LogP contribution in [0.5, 0.6) is 0 Å². The molecule has 4 rings (SSSR count). The lowest BCUT2D eigenvalue weighted by Gasteiger charge is -2.43. The molecule has 1 aromatic rings. The fourth-order valence-corrected chi connectivity index (χ4v) is 7.30. The van der Waals surface area contributed by atoms with E-state index in [2.05, 4.69) is 4.90 Å². The number of benzene rings is 1. The third-order valence-electron chi connectivity index (χ3n) is 5.43. The van der Waals surface area contributed by atoms with E-state index in [4.69, 9.17) is 0 Å². The molecule has 7 nitrogen and oxygen atoms in total. The minimum absolute atomic E-state index is 0.0331. The smallest absolute Gasteiger partial charge is 0.354 e. The summed E-state index contributed by atoms with van der Waals surface area (Å²) < 4.78 is 0.625. The van der Waals surface area contributed by atoms with Crippen LogP contribution in [0.25, 0.3) is 0 Å². The summed E-state index contributed by atoms with van der Waals surface area (Å²) in [7, 11) is 0. The molecule has 0 unspecified atom stereocenters. The number of hydrogen-bond donors (Lipinski definition) is 2. The Bertz CT molecular complexity index is 873. The number of amides is 1. The molecular formula is C20H22N2O5S2. The summed E-state index contributed by atoms with van der Waals surface area (Å²) in [6.07, 6.45) is 0.0453. The van der Waals surface area contributed by atoms with Gasteiger partial charge in [0.15, 0.2) is 11.5 Å². The van der Waals surface area contributed by atoms with Crippen molar-refractivity contribution >= 4 is 41.2 Å². The summed E-state index contributed by atoms with van der Waals surface area (Å²) in [5.41, 5.74) is 0.726. The normalized spacial score (nSPS) is 27.7. The van der Waals surface area contributed by atoms with Crippen LogP contribution in [0.4, 0.5) is 0 Å². The standard InChI is InChI=1S/C20H22N2O5S2/c1-11(23)15-17(25)22-16(19(26)27)20(29-18(15)22)28-13-7-8-21(9-13)10-14(24)12-5-3-2-4-6-12/h2-6,11,13,15,18,23H,7-10H2,1H3,(H,26,27)/t11-,13-,15+,18+/m0/s1. The zero-order valence-corrected chi connectivity index (χ0v) is 17.5. The van der Waals surface area contributed by atoms with Gasteiger partial charge in [0.25, 0.3) is 0 Å². The molecule has 9 heteroatoms. The number of nitrogens with zero attached hydrogens (tertiary/aromatic N) is 2. The van der Waals surface area contributed by atoms with E-state index in [9.17, 15) is 24.6 Å². The van der Waals surface area contributed by atoms with Crippen LogP contribution in [-0.4, -0.2) is 74.0 Å². The molecule has 1 amide bonds. The van der Waals surface area contributed by atoms with Crippen LogP contribution >= 0.6 is 23.5 Å². The molecule has 2 fully saturated rings. The highest BCUT2D eigenvalue weighted by atomic mass is 32.2. The van der Waals surface area contributed by atoms with Gasteiger partial charge in [0.1, 0.15) is 5.37 Å². The summed E-state index contributed by atoms with van der Waals surface area (Å²) >= 11 is 2.83. The maximum absolute atomic E-state index is 12.4. The topological polar surface area (TPSA) is 98.2 Å². The van der Waals surface area contributed by atoms with E-state index in [0.717, 1.165) is 13.0 Å². The Labute approximate surface area is 177 Å². The molecule has 3 aliphatic rings. The number of aliphatic hydroxyl groups excluding tert-OH is 1. The monoisotopic (exact) mass is 434 g/mol. The Morgan fingerprint density at radius 3 is 2.69 bits per heavy atom. The predicted molar refractivity (Wildman–Crippen MR) is 111 cm³/mol. The van der Waals surface area contributed by atoms with Gasteiger partial charge in [-0.05, 0) is 19.9 Å². The Morgan fingerprint density at radius 2 is 2.03 bits per heavy atom. The molecule has 0 aromatic heterocycles. The zero-order chi connectivity index (χ0) is 20.7. The number of hydrogen-bond acceptors (Lipinski definition) is 7. The summed E-state index contributed by atoms with van der Waals surface area (Å²) in [4.78, 5) is 39.9. The molecule has 3 heterocycles. The first-order chi connectivity index (χ1) is 13.9. The second kappa shape index (κ2) is 8.14. The molecule has 29 heavy (non-hydrogen) atoms. The molecule has 4 atom stereocenters. The van der Waals surface area contributed by atoms with Crippen LogP contribution in [0.3, 0.4) is 0 Å². The Kier molecular flexibility index (Phi) is 5.74. The Balaban J connectivity index is 1.39. The van der Waals surface area contributed by atoms with Gasteiger partial charge < -0.3 is 10.2 Å². The van der Waals surface area contributed by atoms with E-state index < -0.39 is 18.0 Å². The van der Waals surface area contributed by atoms with Crippen LogP contribution in [-0.2, 0) is 9.59 Å². The second-order valence-corrected chi connectivity index (χ2v) is 10.2. The van der Waals surface area contributed by atoms with Gasteiger partial charge in [-0.15, -0.1) is 11.8 Å². The minimum Gasteiger partial charge on any atom is -0.477 e. The lowest BCUT2D eigenvalue weighted by molar-refractivity contribution is -0.156. The number of carboxylic acid groups (broad SMARTS) is 1. The lowest BCUT2D eigenvalue weighted by atomic mass is 9.92. The van der Waals surface area contributed by atoms with E-state index >= 15 is 0 Å². The molecule has 2 N–H and O–H groups in total. The van der Waals surface area contributed by atoms with Crippen molar-refractivity contribution in [1.82, 2.24) is 9.80 Å².